The summed E-state index contributed by atoms with van der Waals surface area (Å²) in [6, 6.07) is 0. The second-order valence-corrected chi connectivity index (χ2v) is 2.58. The van der Waals surface area contributed by atoms with Crippen molar-refractivity contribution in [2.24, 2.45) is 0 Å². The topological polar surface area (TPSA) is 37.3 Å². The van der Waals surface area contributed by atoms with Crippen LogP contribution >= 0.6 is 0 Å². The molecule has 0 saturated heterocycles. The number of halogens is 1. The highest BCUT2D eigenvalue weighted by atomic mass is 19.1. The number of rotatable bonds is 1. The van der Waals surface area contributed by atoms with Crippen molar-refractivity contribution in [2.75, 3.05) is 0 Å². The van der Waals surface area contributed by atoms with Crippen molar-refractivity contribution >= 4 is 5.78 Å². The number of carbonyl (C=O) groups is 1. The van der Waals surface area contributed by atoms with E-state index in [1.54, 1.807) is 0 Å². The van der Waals surface area contributed by atoms with Crippen molar-refractivity contribution in [1.82, 2.24) is 0 Å². The molecule has 0 heterocycles. The van der Waals surface area contributed by atoms with E-state index in [0.29, 0.717) is 0 Å². The Labute approximate surface area is 52.7 Å². The van der Waals surface area contributed by atoms with Crippen LogP contribution in [-0.2, 0) is 4.79 Å². The Bertz CT molecular complexity index is 138. The van der Waals surface area contributed by atoms with Gasteiger partial charge >= 0.3 is 0 Å². The van der Waals surface area contributed by atoms with Crippen LogP contribution in [0, 0.1) is 0 Å². The summed E-state index contributed by atoms with van der Waals surface area (Å²) in [5.41, 5.74) is -1.70. The molecule has 0 radical (unpaired) electrons. The number of Topliss-reactive ketones (excluding diaryl/α,β-unsaturated/α-hetero) is 1. The van der Waals surface area contributed by atoms with Gasteiger partial charge in [0.15, 0.2) is 11.5 Å². The summed E-state index contributed by atoms with van der Waals surface area (Å²) in [5, 5.41) is 8.64. The van der Waals surface area contributed by atoms with Gasteiger partial charge in [-0.1, -0.05) is 0 Å². The van der Waals surface area contributed by atoms with Crippen molar-refractivity contribution in [2.45, 2.75) is 31.5 Å². The van der Waals surface area contributed by atoms with E-state index in [1.165, 1.54) is 6.92 Å². The molecule has 2 nitrogen and oxygen atoms in total. The second-order valence-electron chi connectivity index (χ2n) is 2.58. The van der Waals surface area contributed by atoms with E-state index in [2.05, 4.69) is 0 Å². The molecule has 0 unspecified atom stereocenters. The highest BCUT2D eigenvalue weighted by Gasteiger charge is 2.47. The van der Waals surface area contributed by atoms with Crippen molar-refractivity contribution in [3.63, 3.8) is 0 Å². The fraction of sp³-hybridized carbons (Fsp3) is 0.833. The highest BCUT2D eigenvalue weighted by molar-refractivity contribution is 5.86. The maximum atomic E-state index is 12.8. The van der Waals surface area contributed by atoms with Crippen LogP contribution in [0.25, 0.3) is 0 Å². The molecule has 1 N–H and O–H groups in total. The molecule has 1 saturated carbocycles. The maximum absolute atomic E-state index is 12.8. The first-order valence-electron chi connectivity index (χ1n) is 2.92. The van der Waals surface area contributed by atoms with Crippen molar-refractivity contribution < 1.29 is 14.3 Å². The normalized spacial score (nSPS) is 41.9. The molecule has 1 aliphatic carbocycles. The molecular weight excluding hydrogens is 123 g/mol. The summed E-state index contributed by atoms with van der Waals surface area (Å²) >= 11 is 0. The number of hydrogen-bond acceptors (Lipinski definition) is 2. The molecule has 0 aromatic heterocycles. The van der Waals surface area contributed by atoms with Gasteiger partial charge in [0.1, 0.15) is 0 Å². The molecule has 3 heteroatoms. The molecule has 1 rings (SSSR count). The monoisotopic (exact) mass is 132 g/mol. The van der Waals surface area contributed by atoms with E-state index >= 15 is 0 Å². The number of hydrogen-bond donors (Lipinski definition) is 1. The minimum atomic E-state index is -1.70. The summed E-state index contributed by atoms with van der Waals surface area (Å²) < 4.78 is 12.8. The molecule has 0 aliphatic heterocycles. The summed E-state index contributed by atoms with van der Waals surface area (Å²) in [4.78, 5) is 10.4. The Kier molecular flexibility index (Phi) is 1.31. The summed E-state index contributed by atoms with van der Waals surface area (Å²) in [5.74, 6) is -0.465. The molecule has 0 aromatic carbocycles. The Morgan fingerprint density at radius 1 is 1.78 bits per heavy atom. The first kappa shape index (κ1) is 6.68. The third-order valence-corrected chi connectivity index (χ3v) is 1.75. The molecule has 9 heavy (non-hydrogen) atoms. The Morgan fingerprint density at radius 2 is 2.22 bits per heavy atom. The van der Waals surface area contributed by atoms with E-state index in [0.717, 1.165) is 0 Å². The third-order valence-electron chi connectivity index (χ3n) is 1.75. The Morgan fingerprint density at radius 3 is 2.33 bits per heavy atom. The average Bonchev–Trinajstić information content (AvgIpc) is 1.62. The van der Waals surface area contributed by atoms with Gasteiger partial charge in [-0.3, -0.25) is 4.79 Å². The SMILES string of the molecule is CC(=O)C1(F)CC(O)C1. The number of aliphatic hydroxyl groups excluding tert-OH is 1. The highest BCUT2D eigenvalue weighted by Crippen LogP contribution is 2.36. The van der Waals surface area contributed by atoms with Gasteiger partial charge in [0.2, 0.25) is 0 Å². The van der Waals surface area contributed by atoms with E-state index < -0.39 is 17.6 Å². The molecule has 0 atom stereocenters. The molecule has 1 fully saturated rings. The van der Waals surface area contributed by atoms with Gasteiger partial charge in [0.05, 0.1) is 6.10 Å². The third kappa shape index (κ3) is 0.965. The lowest BCUT2D eigenvalue weighted by Gasteiger charge is -2.35. The van der Waals surface area contributed by atoms with Crippen LogP contribution in [-0.4, -0.2) is 22.7 Å². The van der Waals surface area contributed by atoms with Crippen LogP contribution in [0.3, 0.4) is 0 Å². The molecular formula is C6H9FO2. The van der Waals surface area contributed by atoms with Crippen LogP contribution in [0.5, 0.6) is 0 Å². The van der Waals surface area contributed by atoms with Crippen LogP contribution in [0.15, 0.2) is 0 Å². The zero-order valence-corrected chi connectivity index (χ0v) is 5.22. The van der Waals surface area contributed by atoms with Crippen molar-refractivity contribution in [3.05, 3.63) is 0 Å². The van der Waals surface area contributed by atoms with E-state index in [4.69, 9.17) is 5.11 Å². The van der Waals surface area contributed by atoms with Gasteiger partial charge < -0.3 is 5.11 Å². The molecule has 52 valence electrons. The van der Waals surface area contributed by atoms with Gasteiger partial charge in [-0.25, -0.2) is 4.39 Å². The molecule has 1 aliphatic rings. The summed E-state index contributed by atoms with van der Waals surface area (Å²) in [6.07, 6.45) is -0.621. The minimum absolute atomic E-state index is 0.0116. The zero-order chi connectivity index (χ0) is 7.07. The zero-order valence-electron chi connectivity index (χ0n) is 5.22. The van der Waals surface area contributed by atoms with Crippen LogP contribution in [0.4, 0.5) is 4.39 Å². The van der Waals surface area contributed by atoms with Crippen molar-refractivity contribution in [3.8, 4) is 0 Å². The van der Waals surface area contributed by atoms with Gasteiger partial charge in [-0.05, 0) is 6.92 Å². The average molecular weight is 132 g/mol. The lowest BCUT2D eigenvalue weighted by molar-refractivity contribution is -0.143. The molecule has 0 aromatic rings. The van der Waals surface area contributed by atoms with Crippen LogP contribution in [0.2, 0.25) is 0 Å². The summed E-state index contributed by atoms with van der Waals surface area (Å²) in [7, 11) is 0. The van der Waals surface area contributed by atoms with Crippen LogP contribution in [0.1, 0.15) is 19.8 Å². The maximum Gasteiger partial charge on any atom is 0.173 e. The van der Waals surface area contributed by atoms with E-state index in [9.17, 15) is 9.18 Å². The summed E-state index contributed by atoms with van der Waals surface area (Å²) in [6.45, 7) is 1.21. The Hall–Kier alpha value is -0.440. The van der Waals surface area contributed by atoms with Gasteiger partial charge in [0, 0.05) is 12.8 Å². The van der Waals surface area contributed by atoms with E-state index in [1.807, 2.05) is 0 Å². The quantitative estimate of drug-likeness (QED) is 0.562. The van der Waals surface area contributed by atoms with Gasteiger partial charge in [0.25, 0.3) is 0 Å². The van der Waals surface area contributed by atoms with Crippen molar-refractivity contribution in [1.29, 1.82) is 0 Å². The minimum Gasteiger partial charge on any atom is -0.393 e. The standard InChI is InChI=1S/C6H9FO2/c1-4(8)6(7)2-5(9)3-6/h5,9H,2-3H2,1H3. The molecule has 0 bridgehead atoms. The number of alkyl halides is 1. The van der Waals surface area contributed by atoms with Gasteiger partial charge in [-0.15, -0.1) is 0 Å². The van der Waals surface area contributed by atoms with Gasteiger partial charge in [-0.2, -0.15) is 0 Å². The smallest absolute Gasteiger partial charge is 0.173 e. The number of carbonyl (C=O) groups excluding carboxylic acids is 1. The fourth-order valence-electron chi connectivity index (χ4n) is 0.975. The first-order chi connectivity index (χ1) is 4.04. The molecule has 0 amide bonds. The predicted molar refractivity (Wildman–Crippen MR) is 29.8 cm³/mol. The number of ketones is 1. The number of aliphatic hydroxyl groups is 1. The Balaban J connectivity index is 2.50. The predicted octanol–water partition coefficient (Wildman–Crippen LogP) is 0.438. The fourth-order valence-corrected chi connectivity index (χ4v) is 0.975. The largest absolute Gasteiger partial charge is 0.393 e. The van der Waals surface area contributed by atoms with Crippen LogP contribution < -0.4 is 0 Å². The first-order valence-corrected chi connectivity index (χ1v) is 2.92. The lowest BCUT2D eigenvalue weighted by atomic mass is 9.77. The molecule has 0 spiro atoms. The van der Waals surface area contributed by atoms with E-state index in [-0.39, 0.29) is 12.8 Å². The lowest BCUT2D eigenvalue weighted by Crippen LogP contribution is -2.48. The second kappa shape index (κ2) is 1.77.